The fourth-order valence-corrected chi connectivity index (χ4v) is 3.46. The van der Waals surface area contributed by atoms with Gasteiger partial charge in [0.2, 0.25) is 5.91 Å². The van der Waals surface area contributed by atoms with E-state index in [1.165, 1.54) is 11.1 Å². The van der Waals surface area contributed by atoms with E-state index in [-0.39, 0.29) is 18.5 Å². The largest absolute Gasteiger partial charge is 0.488 e. The van der Waals surface area contributed by atoms with Crippen LogP contribution in [-0.2, 0) is 24.3 Å². The van der Waals surface area contributed by atoms with Crippen molar-refractivity contribution in [2.75, 3.05) is 19.7 Å². The van der Waals surface area contributed by atoms with Gasteiger partial charge in [-0.2, -0.15) is 0 Å². The highest BCUT2D eigenvalue weighted by atomic mass is 19.3. The second kappa shape index (κ2) is 11.3. The van der Waals surface area contributed by atoms with Crippen molar-refractivity contribution < 1.29 is 23.1 Å². The lowest BCUT2D eigenvalue weighted by molar-refractivity contribution is -0.132. The van der Waals surface area contributed by atoms with Crippen molar-refractivity contribution in [1.82, 2.24) is 15.5 Å². The number of halogens is 2. The highest BCUT2D eigenvalue weighted by Crippen LogP contribution is 2.19. The maximum atomic E-state index is 12.4. The summed E-state index contributed by atoms with van der Waals surface area (Å²) >= 11 is 0. The number of benzene rings is 2. The molecule has 1 aliphatic rings. The zero-order valence-corrected chi connectivity index (χ0v) is 17.3. The van der Waals surface area contributed by atoms with E-state index < -0.39 is 13.0 Å². The average molecular weight is 431 g/mol. The third kappa shape index (κ3) is 7.24. The van der Waals surface area contributed by atoms with Gasteiger partial charge < -0.3 is 20.3 Å². The molecule has 6 nitrogen and oxygen atoms in total. The Morgan fingerprint density at radius 1 is 1.06 bits per heavy atom. The Hall–Kier alpha value is -3.16. The first kappa shape index (κ1) is 22.5. The third-order valence-corrected chi connectivity index (χ3v) is 5.06. The van der Waals surface area contributed by atoms with Crippen LogP contribution in [0.2, 0.25) is 0 Å². The Balaban J connectivity index is 1.32. The van der Waals surface area contributed by atoms with Crippen molar-refractivity contribution in [3.05, 3.63) is 65.2 Å². The molecule has 0 saturated heterocycles. The van der Waals surface area contributed by atoms with Gasteiger partial charge in [-0.25, -0.2) is 13.6 Å². The van der Waals surface area contributed by atoms with Crippen LogP contribution in [-0.4, -0.2) is 43.0 Å². The van der Waals surface area contributed by atoms with E-state index >= 15 is 0 Å². The van der Waals surface area contributed by atoms with Crippen LogP contribution in [0.4, 0.5) is 13.6 Å². The van der Waals surface area contributed by atoms with Crippen molar-refractivity contribution in [3.8, 4) is 5.75 Å². The molecule has 2 N–H and O–H groups in total. The van der Waals surface area contributed by atoms with Gasteiger partial charge in [-0.15, -0.1) is 0 Å². The number of nitrogens with one attached hydrogen (secondary N) is 2. The van der Waals surface area contributed by atoms with Gasteiger partial charge in [0, 0.05) is 32.6 Å². The lowest BCUT2D eigenvalue weighted by Gasteiger charge is -2.29. The maximum absolute atomic E-state index is 12.4. The summed E-state index contributed by atoms with van der Waals surface area (Å²) in [5.41, 5.74) is 3.24. The van der Waals surface area contributed by atoms with E-state index in [2.05, 4.69) is 22.8 Å². The molecule has 8 heteroatoms. The molecule has 0 saturated carbocycles. The molecule has 0 radical (unpaired) electrons. The molecule has 31 heavy (non-hydrogen) atoms. The molecular weight excluding hydrogens is 404 g/mol. The second-order valence-electron chi connectivity index (χ2n) is 7.40. The Morgan fingerprint density at radius 2 is 1.87 bits per heavy atom. The van der Waals surface area contributed by atoms with Crippen molar-refractivity contribution in [3.63, 3.8) is 0 Å². The van der Waals surface area contributed by atoms with Gasteiger partial charge in [-0.3, -0.25) is 4.79 Å². The lowest BCUT2D eigenvalue weighted by Crippen LogP contribution is -2.37. The molecule has 0 bridgehead atoms. The van der Waals surface area contributed by atoms with E-state index in [0.717, 1.165) is 18.5 Å². The van der Waals surface area contributed by atoms with E-state index in [1.54, 1.807) is 24.3 Å². The van der Waals surface area contributed by atoms with Crippen LogP contribution < -0.4 is 15.4 Å². The molecule has 1 heterocycles. The Labute approximate surface area is 180 Å². The van der Waals surface area contributed by atoms with Gasteiger partial charge >= 0.3 is 6.03 Å². The normalized spacial score (nSPS) is 12.9. The molecule has 0 aromatic heterocycles. The van der Waals surface area contributed by atoms with E-state index in [4.69, 9.17) is 4.74 Å². The molecule has 0 spiro atoms. The van der Waals surface area contributed by atoms with Crippen LogP contribution in [0.1, 0.15) is 29.5 Å². The van der Waals surface area contributed by atoms with Gasteiger partial charge in [0.05, 0.1) is 0 Å². The van der Waals surface area contributed by atoms with Crippen LogP contribution in [0.15, 0.2) is 48.5 Å². The highest BCUT2D eigenvalue weighted by molar-refractivity contribution is 5.77. The van der Waals surface area contributed by atoms with Crippen LogP contribution >= 0.6 is 0 Å². The van der Waals surface area contributed by atoms with Crippen LogP contribution in [0.5, 0.6) is 5.75 Å². The van der Waals surface area contributed by atoms with Gasteiger partial charge in [0.25, 0.3) is 6.43 Å². The zero-order chi connectivity index (χ0) is 22.1. The predicted octanol–water partition coefficient (Wildman–Crippen LogP) is 3.49. The Morgan fingerprint density at radius 3 is 2.68 bits per heavy atom. The summed E-state index contributed by atoms with van der Waals surface area (Å²) < 4.78 is 29.4. The molecule has 2 aromatic carbocycles. The number of hydrogen-bond acceptors (Lipinski definition) is 3. The minimum absolute atomic E-state index is 0.0947. The van der Waals surface area contributed by atoms with Crippen LogP contribution in [0.25, 0.3) is 0 Å². The molecule has 0 atom stereocenters. The number of urea groups is 1. The molecule has 0 unspecified atom stereocenters. The quantitative estimate of drug-likeness (QED) is 0.597. The summed E-state index contributed by atoms with van der Waals surface area (Å²) in [6, 6.07) is 14.5. The topological polar surface area (TPSA) is 70.7 Å². The second-order valence-corrected chi connectivity index (χ2v) is 7.40. The maximum Gasteiger partial charge on any atom is 0.315 e. The number of carbonyl (C=O) groups is 2. The van der Waals surface area contributed by atoms with Crippen molar-refractivity contribution in [2.24, 2.45) is 0 Å². The van der Waals surface area contributed by atoms with Gasteiger partial charge in [0.1, 0.15) is 12.4 Å². The number of nitrogens with zero attached hydrogens (tertiary/aromatic N) is 1. The van der Waals surface area contributed by atoms with Gasteiger partial charge in [0.15, 0.2) is 0 Å². The highest BCUT2D eigenvalue weighted by Gasteiger charge is 2.19. The monoisotopic (exact) mass is 431 g/mol. The fraction of sp³-hybridized carbons (Fsp3) is 0.391. The first-order chi connectivity index (χ1) is 15.0. The first-order valence-corrected chi connectivity index (χ1v) is 10.4. The SMILES string of the molecule is O=C(NCCCC(=O)N1CCc2ccccc2C1)NCc1cccc(OCC(F)F)c1. The van der Waals surface area contributed by atoms with E-state index in [1.807, 2.05) is 17.0 Å². The smallest absolute Gasteiger partial charge is 0.315 e. The number of hydrogen-bond donors (Lipinski definition) is 2. The Bertz CT molecular complexity index is 892. The van der Waals surface area contributed by atoms with Gasteiger partial charge in [-0.1, -0.05) is 36.4 Å². The summed E-state index contributed by atoms with van der Waals surface area (Å²) in [6.45, 7) is 1.33. The number of carbonyl (C=O) groups excluding carboxylic acids is 2. The molecule has 0 aliphatic carbocycles. The predicted molar refractivity (Wildman–Crippen MR) is 113 cm³/mol. The number of fused-ring (bicyclic) bond motifs is 1. The molecule has 0 fully saturated rings. The number of amides is 3. The van der Waals surface area contributed by atoms with Crippen molar-refractivity contribution in [2.45, 2.75) is 38.8 Å². The summed E-state index contributed by atoms with van der Waals surface area (Å²) in [7, 11) is 0. The fourth-order valence-electron chi connectivity index (χ4n) is 3.46. The standard InChI is InChI=1S/C23H27F2N3O3/c24-21(25)16-31-20-8-3-5-17(13-20)14-27-23(30)26-11-4-9-22(29)28-12-10-18-6-1-2-7-19(18)15-28/h1-3,5-8,13,21H,4,9-12,14-16H2,(H2,26,27,30). The van der Waals surface area contributed by atoms with E-state index in [9.17, 15) is 18.4 Å². The van der Waals surface area contributed by atoms with E-state index in [0.29, 0.717) is 31.7 Å². The van der Waals surface area contributed by atoms with Crippen molar-refractivity contribution >= 4 is 11.9 Å². The minimum Gasteiger partial charge on any atom is -0.488 e. The summed E-state index contributed by atoms with van der Waals surface area (Å²) in [5, 5.41) is 5.43. The summed E-state index contributed by atoms with van der Waals surface area (Å²) in [5.74, 6) is 0.427. The summed E-state index contributed by atoms with van der Waals surface area (Å²) in [6.07, 6.45) is -0.727. The van der Waals surface area contributed by atoms with Crippen LogP contribution in [0, 0.1) is 0 Å². The third-order valence-electron chi connectivity index (χ3n) is 5.06. The zero-order valence-electron chi connectivity index (χ0n) is 17.3. The van der Waals surface area contributed by atoms with Crippen LogP contribution in [0.3, 0.4) is 0 Å². The summed E-state index contributed by atoms with van der Waals surface area (Å²) in [4.78, 5) is 26.2. The molecule has 2 aromatic rings. The number of rotatable bonds is 9. The number of alkyl halides is 2. The number of ether oxygens (including phenoxy) is 1. The molecular formula is C23H27F2N3O3. The lowest BCUT2D eigenvalue weighted by atomic mass is 9.99. The molecule has 166 valence electrons. The molecule has 3 rings (SSSR count). The molecule has 3 amide bonds. The first-order valence-electron chi connectivity index (χ1n) is 10.4. The van der Waals surface area contributed by atoms with Crippen molar-refractivity contribution in [1.29, 1.82) is 0 Å². The van der Waals surface area contributed by atoms with Gasteiger partial charge in [-0.05, 0) is 41.7 Å². The Kier molecular flexibility index (Phi) is 8.20. The average Bonchev–Trinajstić information content (AvgIpc) is 2.79. The molecule has 1 aliphatic heterocycles. The minimum atomic E-state index is -2.54.